The van der Waals surface area contributed by atoms with Crippen molar-refractivity contribution < 1.29 is 28.8 Å². The minimum atomic E-state index is -0.989. The van der Waals surface area contributed by atoms with Crippen molar-refractivity contribution in [3.05, 3.63) is 36.4 Å². The summed E-state index contributed by atoms with van der Waals surface area (Å²) >= 11 is 0. The van der Waals surface area contributed by atoms with Crippen LogP contribution >= 0.6 is 0 Å². The van der Waals surface area contributed by atoms with E-state index in [4.69, 9.17) is 11.5 Å². The Kier molecular flexibility index (Phi) is 9.90. The van der Waals surface area contributed by atoms with Gasteiger partial charge in [-0.25, -0.2) is 9.69 Å². The van der Waals surface area contributed by atoms with Gasteiger partial charge in [0.15, 0.2) is 0 Å². The van der Waals surface area contributed by atoms with E-state index in [1.54, 1.807) is 0 Å². The maximum absolute atomic E-state index is 12.9. The zero-order valence-electron chi connectivity index (χ0n) is 19.2. The first-order valence-corrected chi connectivity index (χ1v) is 10.9. The van der Waals surface area contributed by atoms with Crippen LogP contribution in [0.1, 0.15) is 26.2 Å². The number of nitrogens with one attached hydrogen (secondary N) is 4. The van der Waals surface area contributed by atoms with Crippen LogP contribution in [-0.2, 0) is 24.0 Å². The van der Waals surface area contributed by atoms with Crippen LogP contribution in [0.5, 0.6) is 0 Å². The standard InChI is InChI=1S/C22H29N7O6/c1-13(26-17(30)10-11-23)20(33)28-16(3-2-12-25-22(24)35)21(34)27-14-4-6-15(7-5-14)29-18(31)8-9-19(29)32/h4-9,13,16H,2-3,10-12,23H2,1H3,(H,26,30)(H,27,34)(H,28,33)(H3,24,25,35)/t13?,16-/m0/s1. The lowest BCUT2D eigenvalue weighted by Gasteiger charge is -2.21. The monoisotopic (exact) mass is 487 g/mol. The van der Waals surface area contributed by atoms with Gasteiger partial charge in [0.2, 0.25) is 17.7 Å². The second kappa shape index (κ2) is 12.8. The lowest BCUT2D eigenvalue weighted by Crippen LogP contribution is -2.51. The van der Waals surface area contributed by atoms with Crippen LogP contribution in [0.4, 0.5) is 16.2 Å². The second-order valence-corrected chi connectivity index (χ2v) is 7.70. The highest BCUT2D eigenvalue weighted by Gasteiger charge is 2.26. The third-order valence-corrected chi connectivity index (χ3v) is 4.95. The quantitative estimate of drug-likeness (QED) is 0.157. The van der Waals surface area contributed by atoms with Gasteiger partial charge in [0.1, 0.15) is 12.1 Å². The average Bonchev–Trinajstić information content (AvgIpc) is 3.14. The molecule has 188 valence electrons. The number of hydrogen-bond acceptors (Lipinski definition) is 7. The van der Waals surface area contributed by atoms with Gasteiger partial charge in [-0.3, -0.25) is 24.0 Å². The molecule has 13 heteroatoms. The number of hydrogen-bond donors (Lipinski definition) is 6. The summed E-state index contributed by atoms with van der Waals surface area (Å²) in [5.74, 6) is -2.45. The summed E-state index contributed by atoms with van der Waals surface area (Å²) in [5.41, 5.74) is 11.1. The Bertz CT molecular complexity index is 990. The van der Waals surface area contributed by atoms with E-state index in [0.717, 1.165) is 17.1 Å². The second-order valence-electron chi connectivity index (χ2n) is 7.70. The van der Waals surface area contributed by atoms with Crippen LogP contribution in [0.25, 0.3) is 0 Å². The van der Waals surface area contributed by atoms with Crippen LogP contribution in [0.2, 0.25) is 0 Å². The molecule has 1 aliphatic rings. The fourth-order valence-corrected chi connectivity index (χ4v) is 3.17. The lowest BCUT2D eigenvalue weighted by molar-refractivity contribution is -0.130. The number of carbonyl (C=O) groups is 6. The third kappa shape index (κ3) is 8.23. The summed E-state index contributed by atoms with van der Waals surface area (Å²) in [6, 6.07) is 3.41. The lowest BCUT2D eigenvalue weighted by atomic mass is 10.1. The van der Waals surface area contributed by atoms with Gasteiger partial charge in [-0.05, 0) is 44.0 Å². The maximum Gasteiger partial charge on any atom is 0.312 e. The zero-order valence-corrected chi connectivity index (χ0v) is 19.2. The van der Waals surface area contributed by atoms with Crippen molar-refractivity contribution in [1.29, 1.82) is 0 Å². The van der Waals surface area contributed by atoms with Crippen LogP contribution in [0.15, 0.2) is 36.4 Å². The van der Waals surface area contributed by atoms with E-state index >= 15 is 0 Å². The van der Waals surface area contributed by atoms with Gasteiger partial charge in [-0.15, -0.1) is 0 Å². The number of anilines is 2. The zero-order chi connectivity index (χ0) is 26.0. The fraction of sp³-hybridized carbons (Fsp3) is 0.364. The van der Waals surface area contributed by atoms with Crippen molar-refractivity contribution in [2.75, 3.05) is 23.3 Å². The van der Waals surface area contributed by atoms with Crippen molar-refractivity contribution >= 4 is 46.9 Å². The summed E-state index contributed by atoms with van der Waals surface area (Å²) in [6.45, 7) is 1.80. The van der Waals surface area contributed by atoms with E-state index in [1.165, 1.54) is 31.2 Å². The smallest absolute Gasteiger partial charge is 0.312 e. The van der Waals surface area contributed by atoms with Crippen LogP contribution in [0, 0.1) is 0 Å². The normalized spacial score (nSPS) is 14.3. The average molecular weight is 488 g/mol. The SMILES string of the molecule is CC(NC(=O)CCN)C(=O)N[C@@H](CCCNC(N)=O)C(=O)Nc1ccc(N2C(=O)C=CC2=O)cc1. The molecule has 0 radical (unpaired) electrons. The number of rotatable bonds is 12. The first-order valence-electron chi connectivity index (χ1n) is 10.9. The number of nitrogens with two attached hydrogens (primary N) is 2. The van der Waals surface area contributed by atoms with E-state index in [0.29, 0.717) is 17.8 Å². The molecule has 35 heavy (non-hydrogen) atoms. The molecule has 0 bridgehead atoms. The van der Waals surface area contributed by atoms with E-state index < -0.39 is 47.7 Å². The highest BCUT2D eigenvalue weighted by molar-refractivity contribution is 6.28. The topological polar surface area (TPSA) is 206 Å². The highest BCUT2D eigenvalue weighted by atomic mass is 16.2. The molecule has 0 saturated heterocycles. The predicted molar refractivity (Wildman–Crippen MR) is 127 cm³/mol. The first-order chi connectivity index (χ1) is 16.6. The molecule has 0 aromatic heterocycles. The third-order valence-electron chi connectivity index (χ3n) is 4.95. The fourth-order valence-electron chi connectivity index (χ4n) is 3.17. The number of urea groups is 1. The molecule has 1 aromatic carbocycles. The molecule has 1 unspecified atom stereocenters. The van der Waals surface area contributed by atoms with Crippen molar-refractivity contribution in [1.82, 2.24) is 16.0 Å². The van der Waals surface area contributed by atoms with Gasteiger partial charge in [-0.2, -0.15) is 0 Å². The molecule has 1 heterocycles. The first kappa shape index (κ1) is 27.0. The number of carbonyl (C=O) groups excluding carboxylic acids is 6. The highest BCUT2D eigenvalue weighted by Crippen LogP contribution is 2.21. The number of nitrogens with zero attached hydrogens (tertiary/aromatic N) is 1. The molecule has 2 rings (SSSR count). The summed E-state index contributed by atoms with van der Waals surface area (Å²) in [6.07, 6.45) is 2.89. The Hall–Kier alpha value is -4.26. The Balaban J connectivity index is 2.04. The molecule has 0 saturated carbocycles. The van der Waals surface area contributed by atoms with Gasteiger partial charge in [0.25, 0.3) is 11.8 Å². The Morgan fingerprint density at radius 3 is 2.17 bits per heavy atom. The van der Waals surface area contributed by atoms with Crippen molar-refractivity contribution in [2.45, 2.75) is 38.3 Å². The molecule has 0 fully saturated rings. The number of imide groups is 1. The van der Waals surface area contributed by atoms with E-state index in [1.807, 2.05) is 0 Å². The minimum absolute atomic E-state index is 0.0565. The summed E-state index contributed by atoms with van der Waals surface area (Å²) < 4.78 is 0. The minimum Gasteiger partial charge on any atom is -0.352 e. The van der Waals surface area contributed by atoms with Crippen LogP contribution < -0.4 is 37.6 Å². The van der Waals surface area contributed by atoms with Crippen molar-refractivity contribution in [3.63, 3.8) is 0 Å². The molecule has 1 aliphatic heterocycles. The molecule has 0 aliphatic carbocycles. The van der Waals surface area contributed by atoms with E-state index in [9.17, 15) is 28.8 Å². The van der Waals surface area contributed by atoms with E-state index in [-0.39, 0.29) is 25.9 Å². The van der Waals surface area contributed by atoms with Gasteiger partial charge in [0.05, 0.1) is 5.69 Å². The number of benzene rings is 1. The maximum atomic E-state index is 12.9. The van der Waals surface area contributed by atoms with Crippen molar-refractivity contribution in [3.8, 4) is 0 Å². The molecular formula is C22H29N7O6. The molecular weight excluding hydrogens is 458 g/mol. The molecule has 1 aromatic rings. The Labute approximate surface area is 201 Å². The van der Waals surface area contributed by atoms with Gasteiger partial charge >= 0.3 is 6.03 Å². The molecule has 2 atom stereocenters. The van der Waals surface area contributed by atoms with Crippen LogP contribution in [-0.4, -0.2) is 60.7 Å². The molecule has 8 N–H and O–H groups in total. The molecule has 0 spiro atoms. The Morgan fingerprint density at radius 2 is 1.60 bits per heavy atom. The number of amides is 7. The predicted octanol–water partition coefficient (Wildman–Crippen LogP) is -1.16. The van der Waals surface area contributed by atoms with Gasteiger partial charge in [0, 0.05) is 37.3 Å². The van der Waals surface area contributed by atoms with Crippen LogP contribution in [0.3, 0.4) is 0 Å². The molecule has 7 amide bonds. The Morgan fingerprint density at radius 1 is 0.971 bits per heavy atom. The summed E-state index contributed by atoms with van der Waals surface area (Å²) in [5, 5.41) is 10.2. The molecule has 13 nitrogen and oxygen atoms in total. The van der Waals surface area contributed by atoms with Gasteiger partial charge < -0.3 is 32.7 Å². The summed E-state index contributed by atoms with van der Waals surface area (Å²) in [7, 11) is 0. The van der Waals surface area contributed by atoms with Crippen molar-refractivity contribution in [2.24, 2.45) is 11.5 Å². The van der Waals surface area contributed by atoms with E-state index in [2.05, 4.69) is 21.3 Å². The van der Waals surface area contributed by atoms with Gasteiger partial charge in [-0.1, -0.05) is 0 Å². The number of primary amides is 1. The summed E-state index contributed by atoms with van der Waals surface area (Å²) in [4.78, 5) is 72.6. The largest absolute Gasteiger partial charge is 0.352 e.